The van der Waals surface area contributed by atoms with Crippen LogP contribution >= 0.6 is 27.5 Å². The molecule has 0 fully saturated rings. The Morgan fingerprint density at radius 2 is 1.84 bits per heavy atom. The second-order valence-electron chi connectivity index (χ2n) is 5.14. The predicted octanol–water partition coefficient (Wildman–Crippen LogP) is 3.86. The van der Waals surface area contributed by atoms with Gasteiger partial charge in [0, 0.05) is 15.1 Å². The van der Waals surface area contributed by atoms with Gasteiger partial charge in [-0.2, -0.15) is 0 Å². The lowest BCUT2D eigenvalue weighted by molar-refractivity contribution is 0.242. The maximum atomic E-state index is 12.2. The lowest BCUT2D eigenvalue weighted by atomic mass is 10.1. The van der Waals surface area contributed by atoms with E-state index in [0.29, 0.717) is 16.3 Å². The van der Waals surface area contributed by atoms with Gasteiger partial charge >= 0.3 is 6.03 Å². The Hall–Kier alpha value is -1.77. The van der Waals surface area contributed by atoms with Crippen LogP contribution in [-0.2, 0) is 10.0 Å². The van der Waals surface area contributed by atoms with Crippen LogP contribution in [0.2, 0.25) is 5.02 Å². The third-order valence-electron chi connectivity index (χ3n) is 3.36. The van der Waals surface area contributed by atoms with E-state index in [9.17, 15) is 13.2 Å². The number of hydrogen-bond donors (Lipinski definition) is 2. The van der Waals surface area contributed by atoms with Crippen LogP contribution in [0.4, 0.5) is 4.79 Å². The third-order valence-corrected chi connectivity index (χ3v) is 5.45. The second-order valence-corrected chi connectivity index (χ2v) is 8.18. The first-order valence-corrected chi connectivity index (χ1v) is 9.80. The minimum Gasteiger partial charge on any atom is -0.496 e. The summed E-state index contributed by atoms with van der Waals surface area (Å²) in [5.41, 5.74) is 0.705. The number of methoxy groups -OCH3 is 1. The number of carbonyl (C=O) groups is 1. The molecule has 134 valence electrons. The van der Waals surface area contributed by atoms with E-state index in [2.05, 4.69) is 21.2 Å². The predicted molar refractivity (Wildman–Crippen MR) is 99.4 cm³/mol. The van der Waals surface area contributed by atoms with Crippen molar-refractivity contribution >= 4 is 43.6 Å². The van der Waals surface area contributed by atoms with E-state index in [-0.39, 0.29) is 4.90 Å². The maximum absolute atomic E-state index is 12.2. The number of carbonyl (C=O) groups excluding carboxylic acids is 1. The smallest absolute Gasteiger partial charge is 0.329 e. The van der Waals surface area contributed by atoms with Crippen molar-refractivity contribution in [2.45, 2.75) is 17.9 Å². The quantitative estimate of drug-likeness (QED) is 0.729. The molecule has 0 saturated carbocycles. The molecule has 2 rings (SSSR count). The molecule has 1 atom stereocenters. The number of urea groups is 1. The van der Waals surface area contributed by atoms with Crippen molar-refractivity contribution in [3.8, 4) is 5.75 Å². The van der Waals surface area contributed by atoms with Gasteiger partial charge in [0.15, 0.2) is 0 Å². The number of amides is 2. The van der Waals surface area contributed by atoms with E-state index in [1.807, 2.05) is 4.72 Å². The Morgan fingerprint density at radius 1 is 1.20 bits per heavy atom. The average molecular weight is 448 g/mol. The fourth-order valence-electron chi connectivity index (χ4n) is 2.14. The number of benzene rings is 2. The van der Waals surface area contributed by atoms with Crippen LogP contribution in [0.1, 0.15) is 18.5 Å². The Balaban J connectivity index is 2.12. The summed E-state index contributed by atoms with van der Waals surface area (Å²) in [4.78, 5) is 12.0. The van der Waals surface area contributed by atoms with E-state index < -0.39 is 22.1 Å². The first kappa shape index (κ1) is 19.6. The van der Waals surface area contributed by atoms with Crippen LogP contribution in [0.5, 0.6) is 5.75 Å². The minimum atomic E-state index is -3.99. The zero-order chi connectivity index (χ0) is 18.6. The van der Waals surface area contributed by atoms with Crippen LogP contribution < -0.4 is 14.8 Å². The van der Waals surface area contributed by atoms with Gasteiger partial charge in [0.2, 0.25) is 0 Å². The minimum absolute atomic E-state index is 0.0558. The van der Waals surface area contributed by atoms with E-state index in [1.54, 1.807) is 25.1 Å². The molecule has 2 N–H and O–H groups in total. The molecule has 0 heterocycles. The van der Waals surface area contributed by atoms with Crippen molar-refractivity contribution in [3.63, 3.8) is 0 Å². The molecule has 0 aliphatic carbocycles. The van der Waals surface area contributed by atoms with Gasteiger partial charge < -0.3 is 10.1 Å². The fourth-order valence-corrected chi connectivity index (χ4v) is 3.56. The highest BCUT2D eigenvalue weighted by atomic mass is 79.9. The summed E-state index contributed by atoms with van der Waals surface area (Å²) in [6.07, 6.45) is 0. The molecule has 2 aromatic carbocycles. The van der Waals surface area contributed by atoms with Crippen LogP contribution in [0.25, 0.3) is 0 Å². The maximum Gasteiger partial charge on any atom is 0.329 e. The second kappa shape index (κ2) is 8.07. The van der Waals surface area contributed by atoms with Crippen molar-refractivity contribution in [2.24, 2.45) is 0 Å². The number of ether oxygens (including phenoxy) is 1. The monoisotopic (exact) mass is 446 g/mol. The summed E-state index contributed by atoms with van der Waals surface area (Å²) in [6.45, 7) is 1.72. The molecule has 9 heteroatoms. The molecule has 2 amide bonds. The summed E-state index contributed by atoms with van der Waals surface area (Å²) in [5, 5.41) is 2.98. The Bertz CT molecular complexity index is 872. The molecular formula is C16H16BrClN2O4S. The van der Waals surface area contributed by atoms with Gasteiger partial charge in [-0.25, -0.2) is 17.9 Å². The molecule has 0 aliphatic rings. The molecule has 6 nitrogen and oxygen atoms in total. The first-order valence-electron chi connectivity index (χ1n) is 7.15. The lowest BCUT2D eigenvalue weighted by Crippen LogP contribution is -2.40. The molecule has 0 aromatic heterocycles. The fraction of sp³-hybridized carbons (Fsp3) is 0.188. The Morgan fingerprint density at radius 3 is 2.44 bits per heavy atom. The van der Waals surface area contributed by atoms with Crippen molar-refractivity contribution in [1.29, 1.82) is 0 Å². The van der Waals surface area contributed by atoms with E-state index in [0.717, 1.165) is 4.47 Å². The number of rotatable bonds is 5. The van der Waals surface area contributed by atoms with Crippen LogP contribution in [0, 0.1) is 0 Å². The molecule has 0 saturated heterocycles. The van der Waals surface area contributed by atoms with Gasteiger partial charge in [-0.15, -0.1) is 0 Å². The standard InChI is InChI=1S/C16H16BrClN2O4S/c1-10(14-9-11(17)3-8-15(14)24-2)19-16(21)20-25(22,23)13-6-4-12(18)5-7-13/h3-10H,1-2H3,(H2,19,20,21). The van der Waals surface area contributed by atoms with Crippen LogP contribution in [0.15, 0.2) is 51.8 Å². The normalized spacial score (nSPS) is 12.3. The van der Waals surface area contributed by atoms with E-state index in [4.69, 9.17) is 16.3 Å². The SMILES string of the molecule is COc1ccc(Br)cc1C(C)NC(=O)NS(=O)(=O)c1ccc(Cl)cc1. The molecule has 0 aliphatic heterocycles. The largest absolute Gasteiger partial charge is 0.496 e. The molecule has 25 heavy (non-hydrogen) atoms. The van der Waals surface area contributed by atoms with Gasteiger partial charge in [0.1, 0.15) is 5.75 Å². The van der Waals surface area contributed by atoms with Gasteiger partial charge in [-0.05, 0) is 49.4 Å². The molecule has 0 spiro atoms. The number of sulfonamides is 1. The molecule has 1 unspecified atom stereocenters. The summed E-state index contributed by atoms with van der Waals surface area (Å²) in [5.74, 6) is 0.580. The van der Waals surface area contributed by atoms with Gasteiger partial charge in [0.25, 0.3) is 10.0 Å². The van der Waals surface area contributed by atoms with Gasteiger partial charge in [0.05, 0.1) is 18.0 Å². The summed E-state index contributed by atoms with van der Waals surface area (Å²) < 4.78 is 32.4. The highest BCUT2D eigenvalue weighted by molar-refractivity contribution is 9.10. The number of halogens is 2. The number of hydrogen-bond acceptors (Lipinski definition) is 4. The Kier molecular flexibility index (Phi) is 6.31. The molecule has 0 bridgehead atoms. The lowest BCUT2D eigenvalue weighted by Gasteiger charge is -2.18. The third kappa shape index (κ3) is 5.10. The van der Waals surface area contributed by atoms with E-state index >= 15 is 0 Å². The average Bonchev–Trinajstić information content (AvgIpc) is 2.54. The zero-order valence-electron chi connectivity index (χ0n) is 13.4. The first-order chi connectivity index (χ1) is 11.7. The molecule has 0 radical (unpaired) electrons. The highest BCUT2D eigenvalue weighted by Crippen LogP contribution is 2.28. The van der Waals surface area contributed by atoms with E-state index in [1.165, 1.54) is 31.4 Å². The van der Waals surface area contributed by atoms with Crippen LogP contribution in [0.3, 0.4) is 0 Å². The zero-order valence-corrected chi connectivity index (χ0v) is 16.6. The summed E-state index contributed by atoms with van der Waals surface area (Å²) in [7, 11) is -2.47. The van der Waals surface area contributed by atoms with Crippen molar-refractivity contribution in [1.82, 2.24) is 10.0 Å². The summed E-state index contributed by atoms with van der Waals surface area (Å²) >= 11 is 9.09. The van der Waals surface area contributed by atoms with Gasteiger partial charge in [-0.1, -0.05) is 27.5 Å². The topological polar surface area (TPSA) is 84.5 Å². The Labute approximate surface area is 159 Å². The van der Waals surface area contributed by atoms with Crippen LogP contribution in [-0.4, -0.2) is 21.6 Å². The van der Waals surface area contributed by atoms with Crippen molar-refractivity contribution in [3.05, 3.63) is 57.5 Å². The highest BCUT2D eigenvalue weighted by Gasteiger charge is 2.20. The molecular weight excluding hydrogens is 432 g/mol. The number of nitrogens with one attached hydrogen (secondary N) is 2. The van der Waals surface area contributed by atoms with Gasteiger partial charge in [-0.3, -0.25) is 0 Å². The van der Waals surface area contributed by atoms with Crippen molar-refractivity contribution < 1.29 is 17.9 Å². The summed E-state index contributed by atoms with van der Waals surface area (Å²) in [6, 6.07) is 9.53. The molecule has 2 aromatic rings. The van der Waals surface area contributed by atoms with Crippen molar-refractivity contribution in [2.75, 3.05) is 7.11 Å².